The minimum absolute atomic E-state index is 0.0706. The van der Waals surface area contributed by atoms with Gasteiger partial charge in [0, 0.05) is 7.11 Å². The fourth-order valence-electron chi connectivity index (χ4n) is 2.84. The molecule has 2 rings (SSSR count). The van der Waals surface area contributed by atoms with E-state index >= 15 is 0 Å². The molecule has 3 heteroatoms. The van der Waals surface area contributed by atoms with Crippen LogP contribution in [-0.4, -0.2) is 14.2 Å². The highest BCUT2D eigenvalue weighted by Crippen LogP contribution is 2.29. The molecule has 0 amide bonds. The third-order valence-electron chi connectivity index (χ3n) is 3.57. The average Bonchev–Trinajstić information content (AvgIpc) is 2.82. The zero-order chi connectivity index (χ0) is 14.7. The lowest BCUT2D eigenvalue weighted by atomic mass is 9.93. The molecular weight excluding hydrogens is 250 g/mol. The normalized spacial score (nSPS) is 12.7. The zero-order valence-electron chi connectivity index (χ0n) is 12.9. The summed E-state index contributed by atoms with van der Waals surface area (Å²) < 4.78 is 11.0. The summed E-state index contributed by atoms with van der Waals surface area (Å²) in [6.45, 7) is 6.93. The molecule has 0 aliphatic heterocycles. The Hall–Kier alpha value is -1.58. The van der Waals surface area contributed by atoms with Crippen LogP contribution in [0.1, 0.15) is 39.8 Å². The number of hydrogen-bond acceptors (Lipinski definition) is 3. The fourth-order valence-corrected chi connectivity index (χ4v) is 2.84. The number of ether oxygens (including phenoxy) is 1. The summed E-state index contributed by atoms with van der Waals surface area (Å²) in [4.78, 5) is 0. The van der Waals surface area contributed by atoms with Crippen molar-refractivity contribution in [3.8, 4) is 0 Å². The van der Waals surface area contributed by atoms with Crippen molar-refractivity contribution in [2.24, 2.45) is 0 Å². The molecule has 20 heavy (non-hydrogen) atoms. The molecule has 0 saturated carbocycles. The van der Waals surface area contributed by atoms with Gasteiger partial charge in [-0.25, -0.2) is 0 Å². The van der Waals surface area contributed by atoms with E-state index in [0.29, 0.717) is 6.61 Å². The Morgan fingerprint density at radius 3 is 2.35 bits per heavy atom. The molecule has 0 spiro atoms. The second-order valence-corrected chi connectivity index (χ2v) is 5.27. The van der Waals surface area contributed by atoms with Crippen LogP contribution < -0.4 is 5.32 Å². The number of benzene rings is 1. The Bertz CT molecular complexity index is 563. The molecule has 0 aliphatic rings. The van der Waals surface area contributed by atoms with Gasteiger partial charge in [0.15, 0.2) is 0 Å². The summed E-state index contributed by atoms with van der Waals surface area (Å²) in [6, 6.07) is 8.49. The summed E-state index contributed by atoms with van der Waals surface area (Å²) >= 11 is 0. The molecule has 0 aliphatic carbocycles. The van der Waals surface area contributed by atoms with Gasteiger partial charge in [-0.2, -0.15) is 0 Å². The quantitative estimate of drug-likeness (QED) is 0.902. The lowest BCUT2D eigenvalue weighted by molar-refractivity contribution is 0.162. The molecule has 1 unspecified atom stereocenters. The maximum absolute atomic E-state index is 5.88. The number of aryl methyl sites for hydroxylation is 3. The monoisotopic (exact) mass is 273 g/mol. The highest BCUT2D eigenvalue weighted by atomic mass is 16.5. The molecule has 0 fully saturated rings. The summed E-state index contributed by atoms with van der Waals surface area (Å²) in [5.41, 5.74) is 5.15. The highest BCUT2D eigenvalue weighted by molar-refractivity contribution is 5.42. The number of methoxy groups -OCH3 is 1. The largest absolute Gasteiger partial charge is 0.462 e. The molecule has 1 aromatic carbocycles. The molecule has 3 nitrogen and oxygen atoms in total. The second-order valence-electron chi connectivity index (χ2n) is 5.27. The van der Waals surface area contributed by atoms with Crippen LogP contribution in [0.3, 0.4) is 0 Å². The van der Waals surface area contributed by atoms with Gasteiger partial charge in [0.1, 0.15) is 18.1 Å². The van der Waals surface area contributed by atoms with E-state index in [1.165, 1.54) is 22.3 Å². The molecule has 1 atom stereocenters. The van der Waals surface area contributed by atoms with Crippen LogP contribution >= 0.6 is 0 Å². The van der Waals surface area contributed by atoms with E-state index in [4.69, 9.17) is 9.15 Å². The van der Waals surface area contributed by atoms with E-state index in [2.05, 4.69) is 38.2 Å². The topological polar surface area (TPSA) is 34.4 Å². The van der Waals surface area contributed by atoms with Crippen LogP contribution in [0.5, 0.6) is 0 Å². The van der Waals surface area contributed by atoms with Crippen molar-refractivity contribution < 1.29 is 9.15 Å². The molecular formula is C17H23NO2. The van der Waals surface area contributed by atoms with Crippen LogP contribution in [0.15, 0.2) is 28.7 Å². The first-order chi connectivity index (χ1) is 9.56. The lowest BCUT2D eigenvalue weighted by Crippen LogP contribution is -2.19. The third-order valence-corrected chi connectivity index (χ3v) is 3.57. The minimum atomic E-state index is 0.0706. The van der Waals surface area contributed by atoms with Gasteiger partial charge in [0.2, 0.25) is 0 Å². The Morgan fingerprint density at radius 1 is 1.15 bits per heavy atom. The van der Waals surface area contributed by atoms with Crippen LogP contribution in [0.25, 0.3) is 0 Å². The highest BCUT2D eigenvalue weighted by Gasteiger charge is 2.20. The van der Waals surface area contributed by atoms with Gasteiger partial charge >= 0.3 is 0 Å². The first-order valence-corrected chi connectivity index (χ1v) is 6.89. The first kappa shape index (κ1) is 14.8. The van der Waals surface area contributed by atoms with Crippen molar-refractivity contribution >= 4 is 0 Å². The van der Waals surface area contributed by atoms with E-state index in [1.54, 1.807) is 7.11 Å². The van der Waals surface area contributed by atoms with Gasteiger partial charge in [-0.1, -0.05) is 17.7 Å². The molecule has 0 bridgehead atoms. The first-order valence-electron chi connectivity index (χ1n) is 6.89. The van der Waals surface area contributed by atoms with Gasteiger partial charge in [-0.15, -0.1) is 0 Å². The van der Waals surface area contributed by atoms with Crippen LogP contribution in [0.2, 0.25) is 0 Å². The Morgan fingerprint density at radius 2 is 1.80 bits per heavy atom. The smallest absolute Gasteiger partial charge is 0.129 e. The van der Waals surface area contributed by atoms with E-state index in [9.17, 15) is 0 Å². The minimum Gasteiger partial charge on any atom is -0.462 e. The molecule has 0 radical (unpaired) electrons. The predicted molar refractivity (Wildman–Crippen MR) is 81.0 cm³/mol. The van der Waals surface area contributed by atoms with Crippen LogP contribution in [-0.2, 0) is 11.3 Å². The maximum Gasteiger partial charge on any atom is 0.129 e. The average molecular weight is 273 g/mol. The summed E-state index contributed by atoms with van der Waals surface area (Å²) in [7, 11) is 3.63. The summed E-state index contributed by atoms with van der Waals surface area (Å²) in [5.74, 6) is 1.78. The van der Waals surface area contributed by atoms with Crippen molar-refractivity contribution in [3.63, 3.8) is 0 Å². The van der Waals surface area contributed by atoms with Gasteiger partial charge < -0.3 is 14.5 Å². The maximum atomic E-state index is 5.88. The van der Waals surface area contributed by atoms with Crippen molar-refractivity contribution in [3.05, 3.63) is 58.0 Å². The molecule has 1 heterocycles. The van der Waals surface area contributed by atoms with Crippen molar-refractivity contribution in [1.29, 1.82) is 0 Å². The van der Waals surface area contributed by atoms with Gasteiger partial charge in [-0.3, -0.25) is 0 Å². The molecule has 2 aromatic rings. The number of nitrogens with one attached hydrogen (secondary N) is 1. The van der Waals surface area contributed by atoms with E-state index in [-0.39, 0.29) is 6.04 Å². The molecule has 0 saturated heterocycles. The number of rotatable bonds is 5. The molecule has 1 aromatic heterocycles. The number of furan rings is 1. The summed E-state index contributed by atoms with van der Waals surface area (Å²) in [6.07, 6.45) is 0. The zero-order valence-corrected chi connectivity index (χ0v) is 12.9. The Labute approximate surface area is 121 Å². The summed E-state index contributed by atoms with van der Waals surface area (Å²) in [5, 5.41) is 3.36. The SMILES string of the molecule is CNC(c1ccc(COC)o1)c1c(C)cc(C)cc1C. The van der Waals surface area contributed by atoms with E-state index in [1.807, 2.05) is 19.2 Å². The predicted octanol–water partition coefficient (Wildman–Crippen LogP) is 3.66. The standard InChI is InChI=1S/C17H23NO2/c1-11-8-12(2)16(13(3)9-11)17(18-4)15-7-6-14(20-15)10-19-5/h6-9,17-18H,10H2,1-5H3. The van der Waals surface area contributed by atoms with Crippen molar-refractivity contribution in [2.75, 3.05) is 14.2 Å². The number of hydrogen-bond donors (Lipinski definition) is 1. The van der Waals surface area contributed by atoms with Crippen LogP contribution in [0.4, 0.5) is 0 Å². The van der Waals surface area contributed by atoms with E-state index in [0.717, 1.165) is 11.5 Å². The van der Waals surface area contributed by atoms with Crippen molar-refractivity contribution in [1.82, 2.24) is 5.32 Å². The third kappa shape index (κ3) is 2.94. The van der Waals surface area contributed by atoms with Crippen molar-refractivity contribution in [2.45, 2.75) is 33.4 Å². The van der Waals surface area contributed by atoms with E-state index < -0.39 is 0 Å². The van der Waals surface area contributed by atoms with Gasteiger partial charge in [0.25, 0.3) is 0 Å². The van der Waals surface area contributed by atoms with Gasteiger partial charge in [0.05, 0.1) is 6.04 Å². The molecule has 1 N–H and O–H groups in total. The Balaban J connectivity index is 2.41. The van der Waals surface area contributed by atoms with Gasteiger partial charge in [-0.05, 0) is 56.6 Å². The molecule has 108 valence electrons. The second kappa shape index (κ2) is 6.25. The fraction of sp³-hybridized carbons (Fsp3) is 0.412. The van der Waals surface area contributed by atoms with Crippen LogP contribution in [0, 0.1) is 20.8 Å². The lowest BCUT2D eigenvalue weighted by Gasteiger charge is -2.20. The Kier molecular flexibility index (Phi) is 4.63.